The number of anilines is 1. The van der Waals surface area contributed by atoms with Gasteiger partial charge in [0.05, 0.1) is 12.0 Å². The van der Waals surface area contributed by atoms with Gasteiger partial charge in [-0.1, -0.05) is 18.6 Å². The number of aromatic amines is 1. The Morgan fingerprint density at radius 2 is 1.84 bits per heavy atom. The van der Waals surface area contributed by atoms with Crippen molar-refractivity contribution in [3.05, 3.63) is 71.9 Å². The molecular formula is C24H25N7. The molecule has 4 aromatic rings. The number of nitrogen functional groups attached to an aromatic ring is 1. The summed E-state index contributed by atoms with van der Waals surface area (Å²) in [5.41, 5.74) is 12.0. The van der Waals surface area contributed by atoms with Gasteiger partial charge in [-0.3, -0.25) is 9.55 Å². The fraction of sp³-hybridized carbons (Fsp3) is 0.333. The van der Waals surface area contributed by atoms with E-state index in [-0.39, 0.29) is 0 Å². The number of nitrogens with zero attached hydrogens (tertiary/aromatic N) is 5. The molecule has 2 fully saturated rings. The Balaban J connectivity index is 1.40. The Labute approximate surface area is 180 Å². The third kappa shape index (κ3) is 3.30. The number of rotatable bonds is 4. The van der Waals surface area contributed by atoms with E-state index in [2.05, 4.69) is 31.7 Å². The predicted molar refractivity (Wildman–Crippen MR) is 119 cm³/mol. The lowest BCUT2D eigenvalue weighted by Crippen LogP contribution is -2.33. The number of nitrogens with one attached hydrogen (secondary N) is 1. The molecule has 0 amide bonds. The Kier molecular flexibility index (Phi) is 4.33. The lowest BCUT2D eigenvalue weighted by Gasteiger charge is -2.26. The molecule has 3 atom stereocenters. The van der Waals surface area contributed by atoms with Gasteiger partial charge < -0.3 is 10.7 Å². The number of H-pyrrole nitrogens is 1. The summed E-state index contributed by atoms with van der Waals surface area (Å²) in [4.78, 5) is 21.3. The van der Waals surface area contributed by atoms with Gasteiger partial charge in [0.2, 0.25) is 5.62 Å². The van der Waals surface area contributed by atoms with Gasteiger partial charge in [-0.25, -0.2) is 9.98 Å². The molecule has 1 aromatic carbocycles. The first-order valence-corrected chi connectivity index (χ1v) is 11.0. The van der Waals surface area contributed by atoms with E-state index < -0.39 is 0 Å². The van der Waals surface area contributed by atoms with Gasteiger partial charge in [0.25, 0.3) is 0 Å². The SMILES string of the molecule is Nc1c2[nH]cnc2nc(=Nc2ccc(Cc3ccncc3)cc2)n1C1CC2CCC1C2. The van der Waals surface area contributed by atoms with E-state index in [1.165, 1.54) is 30.4 Å². The summed E-state index contributed by atoms with van der Waals surface area (Å²) in [6.07, 6.45) is 11.2. The van der Waals surface area contributed by atoms with Crippen LogP contribution >= 0.6 is 0 Å². The maximum absolute atomic E-state index is 6.63. The molecule has 0 aliphatic heterocycles. The minimum absolute atomic E-state index is 0.365. The van der Waals surface area contributed by atoms with Crippen LogP contribution in [0.3, 0.4) is 0 Å². The van der Waals surface area contributed by atoms with E-state index in [0.29, 0.717) is 29.0 Å². The lowest BCUT2D eigenvalue weighted by atomic mass is 9.95. The summed E-state index contributed by atoms with van der Waals surface area (Å²) >= 11 is 0. The van der Waals surface area contributed by atoms with Crippen molar-refractivity contribution < 1.29 is 0 Å². The van der Waals surface area contributed by atoms with Crippen molar-refractivity contribution >= 4 is 22.7 Å². The second-order valence-corrected chi connectivity index (χ2v) is 8.82. The average Bonchev–Trinajstić information content (AvgIpc) is 3.53. The fourth-order valence-electron chi connectivity index (χ4n) is 5.41. The molecule has 0 spiro atoms. The summed E-state index contributed by atoms with van der Waals surface area (Å²) in [6, 6.07) is 12.8. The van der Waals surface area contributed by atoms with Gasteiger partial charge in [-0.15, -0.1) is 0 Å². The molecule has 7 nitrogen and oxygen atoms in total. The third-order valence-corrected chi connectivity index (χ3v) is 6.91. The topological polar surface area (TPSA) is 97.8 Å². The van der Waals surface area contributed by atoms with Crippen LogP contribution in [-0.4, -0.2) is 24.5 Å². The molecule has 2 aliphatic carbocycles. The van der Waals surface area contributed by atoms with Gasteiger partial charge in [-0.2, -0.15) is 4.98 Å². The number of pyridine rings is 1. The number of imidazole rings is 1. The zero-order chi connectivity index (χ0) is 20.8. The molecule has 3 unspecified atom stereocenters. The molecule has 0 saturated heterocycles. The van der Waals surface area contributed by atoms with Crippen LogP contribution in [0.15, 0.2) is 60.1 Å². The number of nitrogens with two attached hydrogens (primary N) is 1. The van der Waals surface area contributed by atoms with Crippen molar-refractivity contribution in [1.29, 1.82) is 0 Å². The molecule has 6 rings (SSSR count). The number of aromatic nitrogens is 5. The molecule has 2 saturated carbocycles. The minimum atomic E-state index is 0.365. The first-order chi connectivity index (χ1) is 15.2. The number of fused-ring (bicyclic) bond motifs is 3. The van der Waals surface area contributed by atoms with E-state index in [1.54, 1.807) is 6.33 Å². The van der Waals surface area contributed by atoms with E-state index in [9.17, 15) is 0 Å². The standard InChI is InChI=1S/C24H25N7/c25-22-21-23(28-14-27-21)30-24(31(22)20-13-17-1-4-18(20)12-17)29-19-5-2-15(3-6-19)11-16-7-9-26-10-8-16/h2-3,5-10,14,17-18,20H,1,4,11-13,25H2,(H,27,28,29,30). The Hall–Kier alpha value is -3.48. The molecular weight excluding hydrogens is 386 g/mol. The summed E-state index contributed by atoms with van der Waals surface area (Å²) in [5, 5.41) is 0. The van der Waals surface area contributed by atoms with Gasteiger partial charge >= 0.3 is 0 Å². The van der Waals surface area contributed by atoms with Crippen LogP contribution in [0.5, 0.6) is 0 Å². The summed E-state index contributed by atoms with van der Waals surface area (Å²) in [6.45, 7) is 0. The molecule has 3 N–H and O–H groups in total. The van der Waals surface area contributed by atoms with Crippen molar-refractivity contribution in [2.45, 2.75) is 38.1 Å². The van der Waals surface area contributed by atoms with Crippen LogP contribution in [0.4, 0.5) is 11.5 Å². The van der Waals surface area contributed by atoms with Gasteiger partial charge in [0.1, 0.15) is 11.3 Å². The van der Waals surface area contributed by atoms with Crippen molar-refractivity contribution in [3.8, 4) is 0 Å². The van der Waals surface area contributed by atoms with E-state index in [4.69, 9.17) is 15.7 Å². The highest BCUT2D eigenvalue weighted by Gasteiger charge is 2.41. The molecule has 7 heteroatoms. The molecule has 0 radical (unpaired) electrons. The quantitative estimate of drug-likeness (QED) is 0.532. The Morgan fingerprint density at radius 1 is 1.03 bits per heavy atom. The van der Waals surface area contributed by atoms with Crippen LogP contribution in [0.2, 0.25) is 0 Å². The smallest absolute Gasteiger partial charge is 0.234 e. The van der Waals surface area contributed by atoms with E-state index in [0.717, 1.165) is 30.0 Å². The van der Waals surface area contributed by atoms with Crippen molar-refractivity contribution in [3.63, 3.8) is 0 Å². The van der Waals surface area contributed by atoms with E-state index in [1.807, 2.05) is 36.7 Å². The van der Waals surface area contributed by atoms with Crippen LogP contribution < -0.4 is 11.4 Å². The minimum Gasteiger partial charge on any atom is -0.383 e. The number of hydrogen-bond donors (Lipinski definition) is 2. The number of hydrogen-bond acceptors (Lipinski definition) is 5. The van der Waals surface area contributed by atoms with Gasteiger partial charge in [-0.05, 0) is 72.9 Å². The molecule has 31 heavy (non-hydrogen) atoms. The monoisotopic (exact) mass is 411 g/mol. The van der Waals surface area contributed by atoms with Crippen LogP contribution in [0.25, 0.3) is 11.2 Å². The van der Waals surface area contributed by atoms with Gasteiger partial charge in [0, 0.05) is 18.4 Å². The largest absolute Gasteiger partial charge is 0.383 e. The zero-order valence-electron chi connectivity index (χ0n) is 17.3. The summed E-state index contributed by atoms with van der Waals surface area (Å²) in [5.74, 6) is 2.16. The number of benzene rings is 1. The van der Waals surface area contributed by atoms with Gasteiger partial charge in [0.15, 0.2) is 5.65 Å². The van der Waals surface area contributed by atoms with E-state index >= 15 is 0 Å². The molecule has 156 valence electrons. The van der Waals surface area contributed by atoms with Crippen LogP contribution in [0.1, 0.15) is 42.9 Å². The van der Waals surface area contributed by atoms with Crippen molar-refractivity contribution in [2.75, 3.05) is 5.73 Å². The predicted octanol–water partition coefficient (Wildman–Crippen LogP) is 3.92. The highest BCUT2D eigenvalue weighted by atomic mass is 15.2. The fourth-order valence-corrected chi connectivity index (χ4v) is 5.41. The maximum Gasteiger partial charge on any atom is 0.234 e. The first-order valence-electron chi connectivity index (χ1n) is 11.0. The molecule has 3 heterocycles. The van der Waals surface area contributed by atoms with Crippen molar-refractivity contribution in [1.82, 2.24) is 24.5 Å². The zero-order valence-corrected chi connectivity index (χ0v) is 17.3. The highest BCUT2D eigenvalue weighted by molar-refractivity contribution is 5.81. The summed E-state index contributed by atoms with van der Waals surface area (Å²) in [7, 11) is 0. The second kappa shape index (κ2) is 7.34. The second-order valence-electron chi connectivity index (χ2n) is 8.82. The third-order valence-electron chi connectivity index (χ3n) is 6.91. The average molecular weight is 412 g/mol. The first kappa shape index (κ1) is 18.3. The Bertz CT molecular complexity index is 1290. The highest BCUT2D eigenvalue weighted by Crippen LogP contribution is 2.50. The Morgan fingerprint density at radius 3 is 2.58 bits per heavy atom. The molecule has 2 bridgehead atoms. The normalized spacial score (nSPS) is 23.1. The van der Waals surface area contributed by atoms with Crippen LogP contribution in [0, 0.1) is 11.8 Å². The van der Waals surface area contributed by atoms with Crippen molar-refractivity contribution in [2.24, 2.45) is 16.8 Å². The van der Waals surface area contributed by atoms with Crippen LogP contribution in [-0.2, 0) is 6.42 Å². The molecule has 2 aliphatic rings. The summed E-state index contributed by atoms with van der Waals surface area (Å²) < 4.78 is 2.16. The molecule has 3 aromatic heterocycles. The maximum atomic E-state index is 6.63. The lowest BCUT2D eigenvalue weighted by molar-refractivity contribution is 0.322.